The Balaban J connectivity index is 2.80. The van der Waals surface area contributed by atoms with Gasteiger partial charge in [-0.25, -0.2) is 4.79 Å². The number of hydrogen-bond donors (Lipinski definition) is 2. The number of nitrogens with one attached hydrogen (secondary N) is 2. The fraction of sp³-hybridized carbons (Fsp3) is 0.500. The maximum absolute atomic E-state index is 11.3. The van der Waals surface area contributed by atoms with Crippen LogP contribution in [0.3, 0.4) is 0 Å². The van der Waals surface area contributed by atoms with E-state index in [2.05, 4.69) is 10.3 Å². The summed E-state index contributed by atoms with van der Waals surface area (Å²) in [6, 6.07) is 0. The van der Waals surface area contributed by atoms with Gasteiger partial charge in [-0.1, -0.05) is 0 Å². The van der Waals surface area contributed by atoms with Gasteiger partial charge in [0.15, 0.2) is 0 Å². The van der Waals surface area contributed by atoms with E-state index in [0.29, 0.717) is 24.3 Å². The van der Waals surface area contributed by atoms with Crippen LogP contribution in [0.1, 0.15) is 12.5 Å². The zero-order valence-corrected chi connectivity index (χ0v) is 7.39. The quantitative estimate of drug-likeness (QED) is 0.615. The highest BCUT2D eigenvalue weighted by Gasteiger charge is 2.18. The second-order valence-corrected chi connectivity index (χ2v) is 3.01. The van der Waals surface area contributed by atoms with Crippen molar-refractivity contribution in [3.63, 3.8) is 0 Å². The fourth-order valence-electron chi connectivity index (χ4n) is 1.65. The molecule has 1 aliphatic rings. The summed E-state index contributed by atoms with van der Waals surface area (Å²) in [5, 5.41) is 3.04. The van der Waals surface area contributed by atoms with Crippen LogP contribution in [0.2, 0.25) is 0 Å². The first kappa shape index (κ1) is 8.10. The Morgan fingerprint density at radius 1 is 1.46 bits per heavy atom. The summed E-state index contributed by atoms with van der Waals surface area (Å²) in [7, 11) is 0. The van der Waals surface area contributed by atoms with E-state index in [9.17, 15) is 9.59 Å². The summed E-state index contributed by atoms with van der Waals surface area (Å²) in [5.41, 5.74) is 0.108. The third-order valence-corrected chi connectivity index (χ3v) is 2.28. The highest BCUT2D eigenvalue weighted by atomic mass is 16.2. The Morgan fingerprint density at radius 2 is 2.23 bits per heavy atom. The van der Waals surface area contributed by atoms with Crippen LogP contribution in [0.15, 0.2) is 9.59 Å². The molecule has 0 unspecified atom stereocenters. The molecule has 70 valence electrons. The van der Waals surface area contributed by atoms with Gasteiger partial charge < -0.3 is 5.32 Å². The Kier molecular flexibility index (Phi) is 1.72. The van der Waals surface area contributed by atoms with E-state index in [1.807, 2.05) is 6.92 Å². The van der Waals surface area contributed by atoms with Crippen LogP contribution in [0, 0.1) is 0 Å². The zero-order chi connectivity index (χ0) is 9.42. The molecule has 1 aliphatic heterocycles. The minimum atomic E-state index is -0.333. The first-order valence-corrected chi connectivity index (χ1v) is 4.34. The molecule has 1 aromatic rings. The van der Waals surface area contributed by atoms with Crippen molar-refractivity contribution in [2.45, 2.75) is 19.9 Å². The van der Waals surface area contributed by atoms with Gasteiger partial charge in [0.25, 0.3) is 5.56 Å². The van der Waals surface area contributed by atoms with Crippen molar-refractivity contribution in [3.8, 4) is 0 Å². The van der Waals surface area contributed by atoms with Crippen molar-refractivity contribution in [1.82, 2.24) is 9.55 Å². The van der Waals surface area contributed by atoms with E-state index in [-0.39, 0.29) is 11.2 Å². The molecule has 0 bridgehead atoms. The molecule has 2 rings (SSSR count). The maximum Gasteiger partial charge on any atom is 0.329 e. The molecule has 5 heteroatoms. The van der Waals surface area contributed by atoms with E-state index in [0.717, 1.165) is 6.54 Å². The number of H-pyrrole nitrogens is 1. The van der Waals surface area contributed by atoms with Gasteiger partial charge >= 0.3 is 5.69 Å². The molecule has 2 N–H and O–H groups in total. The summed E-state index contributed by atoms with van der Waals surface area (Å²) in [6.07, 6.45) is 0.699. The summed E-state index contributed by atoms with van der Waals surface area (Å²) in [6.45, 7) is 3.19. The van der Waals surface area contributed by atoms with Gasteiger partial charge in [0.2, 0.25) is 0 Å². The lowest BCUT2D eigenvalue weighted by Gasteiger charge is -2.07. The van der Waals surface area contributed by atoms with Crippen LogP contribution < -0.4 is 16.6 Å². The summed E-state index contributed by atoms with van der Waals surface area (Å²) in [5.74, 6) is 0.691. The summed E-state index contributed by atoms with van der Waals surface area (Å²) < 4.78 is 1.55. The molecule has 0 radical (unpaired) electrons. The van der Waals surface area contributed by atoms with Crippen molar-refractivity contribution in [2.24, 2.45) is 0 Å². The molecular formula is C8H11N3O2. The summed E-state index contributed by atoms with van der Waals surface area (Å²) >= 11 is 0. The number of anilines is 1. The second kappa shape index (κ2) is 2.76. The summed E-state index contributed by atoms with van der Waals surface area (Å²) in [4.78, 5) is 24.9. The average molecular weight is 181 g/mol. The maximum atomic E-state index is 11.3. The first-order chi connectivity index (χ1) is 6.24. The van der Waals surface area contributed by atoms with Gasteiger partial charge in [-0.05, 0) is 13.3 Å². The number of fused-ring (bicyclic) bond motifs is 1. The van der Waals surface area contributed by atoms with E-state index in [1.54, 1.807) is 4.57 Å². The molecule has 2 heterocycles. The molecule has 0 saturated heterocycles. The first-order valence-electron chi connectivity index (χ1n) is 4.34. The van der Waals surface area contributed by atoms with Crippen molar-refractivity contribution in [1.29, 1.82) is 0 Å². The van der Waals surface area contributed by atoms with E-state index in [4.69, 9.17) is 0 Å². The van der Waals surface area contributed by atoms with Crippen LogP contribution >= 0.6 is 0 Å². The van der Waals surface area contributed by atoms with Crippen LogP contribution in [0.4, 0.5) is 5.82 Å². The van der Waals surface area contributed by atoms with Crippen LogP contribution in [-0.4, -0.2) is 16.1 Å². The van der Waals surface area contributed by atoms with Crippen molar-refractivity contribution < 1.29 is 0 Å². The molecule has 1 aromatic heterocycles. The number of rotatable bonds is 1. The molecule has 0 saturated carbocycles. The number of aromatic amines is 1. The third kappa shape index (κ3) is 1.07. The van der Waals surface area contributed by atoms with Crippen molar-refractivity contribution >= 4 is 5.82 Å². The SMILES string of the molecule is CCn1c2c(c(=O)[nH]c1=O)CCN2. The largest absolute Gasteiger partial charge is 0.371 e. The van der Waals surface area contributed by atoms with E-state index < -0.39 is 0 Å². The lowest BCUT2D eigenvalue weighted by molar-refractivity contribution is 0.701. The topological polar surface area (TPSA) is 66.9 Å². The minimum Gasteiger partial charge on any atom is -0.371 e. The van der Waals surface area contributed by atoms with Gasteiger partial charge in [0, 0.05) is 13.1 Å². The molecule has 0 aromatic carbocycles. The second-order valence-electron chi connectivity index (χ2n) is 3.01. The van der Waals surface area contributed by atoms with Crippen LogP contribution in [0.5, 0.6) is 0 Å². The van der Waals surface area contributed by atoms with E-state index >= 15 is 0 Å². The molecule has 0 aliphatic carbocycles. The predicted molar refractivity (Wildman–Crippen MR) is 49.2 cm³/mol. The average Bonchev–Trinajstić information content (AvgIpc) is 2.53. The molecule has 5 nitrogen and oxygen atoms in total. The zero-order valence-electron chi connectivity index (χ0n) is 7.39. The third-order valence-electron chi connectivity index (χ3n) is 2.28. The lowest BCUT2D eigenvalue weighted by atomic mass is 10.3. The monoisotopic (exact) mass is 181 g/mol. The molecular weight excluding hydrogens is 170 g/mol. The Hall–Kier alpha value is -1.52. The van der Waals surface area contributed by atoms with Gasteiger partial charge in [-0.15, -0.1) is 0 Å². The highest BCUT2D eigenvalue weighted by molar-refractivity contribution is 5.48. The van der Waals surface area contributed by atoms with Gasteiger partial charge in [0.1, 0.15) is 5.82 Å². The standard InChI is InChI=1S/C8H11N3O2/c1-2-11-6-5(3-4-9-6)7(12)10-8(11)13/h9H,2-4H2,1H3,(H,10,12,13). The van der Waals surface area contributed by atoms with Crippen LogP contribution in [0.25, 0.3) is 0 Å². The van der Waals surface area contributed by atoms with Gasteiger partial charge in [0.05, 0.1) is 5.56 Å². The van der Waals surface area contributed by atoms with E-state index in [1.165, 1.54) is 0 Å². The van der Waals surface area contributed by atoms with Gasteiger partial charge in [-0.2, -0.15) is 0 Å². The number of hydrogen-bond acceptors (Lipinski definition) is 3. The smallest absolute Gasteiger partial charge is 0.329 e. The lowest BCUT2D eigenvalue weighted by Crippen LogP contribution is -2.31. The normalized spacial score (nSPS) is 13.9. The molecule has 0 spiro atoms. The Labute approximate surface area is 74.4 Å². The fourth-order valence-corrected chi connectivity index (χ4v) is 1.65. The highest BCUT2D eigenvalue weighted by Crippen LogP contribution is 2.15. The molecule has 0 fully saturated rings. The predicted octanol–water partition coefficient (Wildman–Crippen LogP) is -0.476. The molecule has 0 atom stereocenters. The minimum absolute atomic E-state index is 0.255. The number of nitrogens with zero attached hydrogens (tertiary/aromatic N) is 1. The Morgan fingerprint density at radius 3 is 2.92 bits per heavy atom. The van der Waals surface area contributed by atoms with Crippen molar-refractivity contribution in [2.75, 3.05) is 11.9 Å². The Bertz CT molecular complexity index is 444. The van der Waals surface area contributed by atoms with Gasteiger partial charge in [-0.3, -0.25) is 14.3 Å². The molecule has 0 amide bonds. The van der Waals surface area contributed by atoms with Crippen molar-refractivity contribution in [3.05, 3.63) is 26.4 Å². The van der Waals surface area contributed by atoms with Crippen LogP contribution in [-0.2, 0) is 13.0 Å². The number of aromatic nitrogens is 2. The molecule has 13 heavy (non-hydrogen) atoms.